The van der Waals surface area contributed by atoms with Crippen LogP contribution in [0, 0.1) is 11.3 Å². The Morgan fingerprint density at radius 3 is 2.20 bits per heavy atom. The van der Waals surface area contributed by atoms with Crippen molar-refractivity contribution in [3.8, 4) is 0 Å². The Morgan fingerprint density at radius 1 is 1.20 bits per heavy atom. The van der Waals surface area contributed by atoms with E-state index in [4.69, 9.17) is 11.6 Å². The van der Waals surface area contributed by atoms with Crippen molar-refractivity contribution in [2.45, 2.75) is 59.9 Å². The summed E-state index contributed by atoms with van der Waals surface area (Å²) in [4.78, 5) is 0. The molecule has 0 aliphatic heterocycles. The Labute approximate surface area is 101 Å². The smallest absolute Gasteiger partial charge is 0.0238 e. The van der Waals surface area contributed by atoms with Gasteiger partial charge >= 0.3 is 0 Å². The Hall–Kier alpha value is 0.250. The summed E-state index contributed by atoms with van der Waals surface area (Å²) in [5.41, 5.74) is 0.306. The van der Waals surface area contributed by atoms with Crippen LogP contribution in [0.15, 0.2) is 0 Å². The molecule has 0 rings (SSSR count). The summed E-state index contributed by atoms with van der Waals surface area (Å²) in [5, 5.41) is 3.66. The second-order valence-corrected chi connectivity index (χ2v) is 6.08. The SMILES string of the molecule is CCCC(C)CNC(CCCl)C(C)(C)C. The number of halogens is 1. The lowest BCUT2D eigenvalue weighted by Gasteiger charge is -2.32. The molecule has 92 valence electrons. The quantitative estimate of drug-likeness (QED) is 0.654. The fraction of sp³-hybridized carbons (Fsp3) is 1.00. The molecule has 2 atom stereocenters. The van der Waals surface area contributed by atoms with Crippen LogP contribution < -0.4 is 5.32 Å². The molecule has 0 amide bonds. The Balaban J connectivity index is 3.96. The van der Waals surface area contributed by atoms with Crippen molar-refractivity contribution in [3.63, 3.8) is 0 Å². The van der Waals surface area contributed by atoms with Crippen LogP contribution in [0.3, 0.4) is 0 Å². The Kier molecular flexibility index (Phi) is 7.64. The van der Waals surface area contributed by atoms with E-state index in [0.29, 0.717) is 11.5 Å². The van der Waals surface area contributed by atoms with E-state index in [0.717, 1.165) is 24.8 Å². The van der Waals surface area contributed by atoms with E-state index in [2.05, 4.69) is 39.9 Å². The first-order valence-electron chi connectivity index (χ1n) is 6.21. The molecular weight excluding hydrogens is 206 g/mol. The lowest BCUT2D eigenvalue weighted by atomic mass is 9.85. The maximum Gasteiger partial charge on any atom is 0.0238 e. The minimum Gasteiger partial charge on any atom is -0.313 e. The molecule has 1 nitrogen and oxygen atoms in total. The van der Waals surface area contributed by atoms with E-state index in [-0.39, 0.29) is 0 Å². The lowest BCUT2D eigenvalue weighted by molar-refractivity contribution is 0.250. The lowest BCUT2D eigenvalue weighted by Crippen LogP contribution is -2.42. The average Bonchev–Trinajstić information content (AvgIpc) is 2.10. The van der Waals surface area contributed by atoms with E-state index >= 15 is 0 Å². The van der Waals surface area contributed by atoms with Gasteiger partial charge < -0.3 is 5.32 Å². The molecule has 0 spiro atoms. The highest BCUT2D eigenvalue weighted by Gasteiger charge is 2.23. The van der Waals surface area contributed by atoms with Crippen LogP contribution in [-0.4, -0.2) is 18.5 Å². The molecule has 0 radical (unpaired) electrons. The molecule has 0 aromatic rings. The second-order valence-electron chi connectivity index (χ2n) is 5.70. The molecule has 2 heteroatoms. The number of hydrogen-bond acceptors (Lipinski definition) is 1. The fourth-order valence-corrected chi connectivity index (χ4v) is 2.11. The zero-order chi connectivity index (χ0) is 11.9. The molecule has 0 aromatic heterocycles. The third-order valence-corrected chi connectivity index (χ3v) is 3.16. The van der Waals surface area contributed by atoms with Gasteiger partial charge in [0.05, 0.1) is 0 Å². The van der Waals surface area contributed by atoms with Crippen molar-refractivity contribution in [3.05, 3.63) is 0 Å². The van der Waals surface area contributed by atoms with Crippen molar-refractivity contribution in [1.82, 2.24) is 5.32 Å². The van der Waals surface area contributed by atoms with Crippen LogP contribution in [0.4, 0.5) is 0 Å². The first kappa shape index (κ1) is 15.2. The Morgan fingerprint density at radius 2 is 1.80 bits per heavy atom. The van der Waals surface area contributed by atoms with Gasteiger partial charge in [0.25, 0.3) is 0 Å². The van der Waals surface area contributed by atoms with Crippen LogP contribution in [0.1, 0.15) is 53.9 Å². The zero-order valence-corrected chi connectivity index (χ0v) is 11.8. The number of hydrogen-bond donors (Lipinski definition) is 1. The van der Waals surface area contributed by atoms with Gasteiger partial charge in [0.1, 0.15) is 0 Å². The molecule has 0 aliphatic rings. The van der Waals surface area contributed by atoms with Gasteiger partial charge in [-0.3, -0.25) is 0 Å². The minimum absolute atomic E-state index is 0.306. The topological polar surface area (TPSA) is 12.0 Å². The van der Waals surface area contributed by atoms with Crippen LogP contribution in [0.25, 0.3) is 0 Å². The van der Waals surface area contributed by atoms with Crippen molar-refractivity contribution in [2.75, 3.05) is 12.4 Å². The van der Waals surface area contributed by atoms with Crippen LogP contribution in [0.2, 0.25) is 0 Å². The molecule has 0 fully saturated rings. The second kappa shape index (κ2) is 7.51. The summed E-state index contributed by atoms with van der Waals surface area (Å²) in [5.74, 6) is 1.52. The molecule has 15 heavy (non-hydrogen) atoms. The van der Waals surface area contributed by atoms with Gasteiger partial charge in [0.2, 0.25) is 0 Å². The van der Waals surface area contributed by atoms with E-state index in [1.54, 1.807) is 0 Å². The van der Waals surface area contributed by atoms with Crippen molar-refractivity contribution >= 4 is 11.6 Å². The first-order chi connectivity index (χ1) is 6.91. The number of nitrogens with one attached hydrogen (secondary N) is 1. The highest BCUT2D eigenvalue weighted by molar-refractivity contribution is 6.17. The van der Waals surface area contributed by atoms with Crippen LogP contribution in [0.5, 0.6) is 0 Å². The van der Waals surface area contributed by atoms with Crippen LogP contribution >= 0.6 is 11.6 Å². The average molecular weight is 234 g/mol. The molecule has 0 saturated carbocycles. The van der Waals surface area contributed by atoms with E-state index in [1.807, 2.05) is 0 Å². The van der Waals surface area contributed by atoms with Crippen molar-refractivity contribution < 1.29 is 0 Å². The molecule has 0 aliphatic carbocycles. The summed E-state index contributed by atoms with van der Waals surface area (Å²) in [6.07, 6.45) is 3.65. The van der Waals surface area contributed by atoms with Gasteiger partial charge in [-0.15, -0.1) is 11.6 Å². The van der Waals surface area contributed by atoms with E-state index in [9.17, 15) is 0 Å². The number of rotatable bonds is 7. The molecule has 0 saturated heterocycles. The third-order valence-electron chi connectivity index (χ3n) is 2.94. The zero-order valence-electron chi connectivity index (χ0n) is 11.1. The predicted octanol–water partition coefficient (Wildman–Crippen LogP) is 4.06. The number of alkyl halides is 1. The summed E-state index contributed by atoms with van der Waals surface area (Å²) in [7, 11) is 0. The molecule has 2 unspecified atom stereocenters. The van der Waals surface area contributed by atoms with Gasteiger partial charge in [0, 0.05) is 11.9 Å². The standard InChI is InChI=1S/C13H28ClN/c1-6-7-11(2)10-15-12(8-9-14)13(3,4)5/h11-12,15H,6-10H2,1-5H3. The largest absolute Gasteiger partial charge is 0.313 e. The maximum absolute atomic E-state index is 5.84. The summed E-state index contributed by atoms with van der Waals surface area (Å²) < 4.78 is 0. The molecular formula is C13H28ClN. The predicted molar refractivity (Wildman–Crippen MR) is 70.7 cm³/mol. The van der Waals surface area contributed by atoms with Gasteiger partial charge in [0.15, 0.2) is 0 Å². The molecule has 0 bridgehead atoms. The Bertz CT molecular complexity index is 151. The summed E-state index contributed by atoms with van der Waals surface area (Å²) in [6, 6.07) is 0.536. The van der Waals surface area contributed by atoms with Gasteiger partial charge in [-0.1, -0.05) is 41.0 Å². The van der Waals surface area contributed by atoms with E-state index < -0.39 is 0 Å². The van der Waals surface area contributed by atoms with Gasteiger partial charge in [-0.2, -0.15) is 0 Å². The first-order valence-corrected chi connectivity index (χ1v) is 6.74. The molecule has 0 heterocycles. The van der Waals surface area contributed by atoms with Crippen molar-refractivity contribution in [2.24, 2.45) is 11.3 Å². The fourth-order valence-electron chi connectivity index (χ4n) is 1.89. The summed E-state index contributed by atoms with van der Waals surface area (Å²) >= 11 is 5.84. The van der Waals surface area contributed by atoms with Crippen LogP contribution in [-0.2, 0) is 0 Å². The van der Waals surface area contributed by atoms with E-state index in [1.165, 1.54) is 12.8 Å². The summed E-state index contributed by atoms with van der Waals surface area (Å²) in [6.45, 7) is 12.5. The van der Waals surface area contributed by atoms with Gasteiger partial charge in [-0.25, -0.2) is 0 Å². The highest BCUT2D eigenvalue weighted by Crippen LogP contribution is 2.22. The highest BCUT2D eigenvalue weighted by atomic mass is 35.5. The van der Waals surface area contributed by atoms with Gasteiger partial charge in [-0.05, 0) is 30.7 Å². The molecule has 1 N–H and O–H groups in total. The normalized spacial score (nSPS) is 16.4. The monoisotopic (exact) mass is 233 g/mol. The minimum atomic E-state index is 0.306. The van der Waals surface area contributed by atoms with Crippen molar-refractivity contribution in [1.29, 1.82) is 0 Å². The molecule has 0 aromatic carbocycles. The maximum atomic E-state index is 5.84. The third kappa shape index (κ3) is 7.19.